The van der Waals surface area contributed by atoms with Crippen LogP contribution in [0, 0.1) is 0 Å². The zero-order valence-corrected chi connectivity index (χ0v) is 24.7. The van der Waals surface area contributed by atoms with E-state index in [9.17, 15) is 4.57 Å². The lowest BCUT2D eigenvalue weighted by Crippen LogP contribution is -1.85. The molecule has 1 nitrogen and oxygen atoms in total. The van der Waals surface area contributed by atoms with Gasteiger partial charge in [-0.1, -0.05) is 193 Å². The summed E-state index contributed by atoms with van der Waals surface area (Å²) in [5, 5.41) is 0. The minimum atomic E-state index is 0.332. The Morgan fingerprint density at radius 1 is 0.294 bits per heavy atom. The Morgan fingerprint density at radius 2 is 0.471 bits per heavy atom. The third-order valence-electron chi connectivity index (χ3n) is 7.60. The van der Waals surface area contributed by atoms with Crippen LogP contribution >= 0.6 is 8.46 Å². The molecule has 0 aliphatic carbocycles. The first-order valence-electron chi connectivity index (χ1n) is 16.2. The summed E-state index contributed by atoms with van der Waals surface area (Å²) in [7, 11) is 0.332. The highest BCUT2D eigenvalue weighted by Crippen LogP contribution is 2.16. The molecule has 2 heteroatoms. The molecule has 34 heavy (non-hydrogen) atoms. The van der Waals surface area contributed by atoms with E-state index in [0.29, 0.717) is 8.46 Å². The predicted molar refractivity (Wildman–Crippen MR) is 157 cm³/mol. The Bertz CT molecular complexity index is 357. The molecule has 0 aromatic rings. The first-order chi connectivity index (χ1) is 16.9. The van der Waals surface area contributed by atoms with Gasteiger partial charge in [0.15, 0.2) is 8.46 Å². The van der Waals surface area contributed by atoms with Gasteiger partial charge in [-0.15, -0.1) is 0 Å². The van der Waals surface area contributed by atoms with E-state index >= 15 is 0 Å². The van der Waals surface area contributed by atoms with Crippen molar-refractivity contribution in [1.82, 2.24) is 0 Å². The van der Waals surface area contributed by atoms with Crippen LogP contribution in [0.25, 0.3) is 0 Å². The Morgan fingerprint density at radius 3 is 0.647 bits per heavy atom. The summed E-state index contributed by atoms with van der Waals surface area (Å²) in [6.07, 6.45) is 44.1. The molecular weight excluding hydrogens is 431 g/mol. The van der Waals surface area contributed by atoms with Crippen LogP contribution in [0.15, 0.2) is 0 Å². The number of hydrogen-bond acceptors (Lipinski definition) is 1. The average molecular weight is 497 g/mol. The van der Waals surface area contributed by atoms with Crippen molar-refractivity contribution in [3.05, 3.63) is 0 Å². The van der Waals surface area contributed by atoms with Crippen LogP contribution in [0.3, 0.4) is 0 Å². The van der Waals surface area contributed by atoms with Gasteiger partial charge in [-0.3, -0.25) is 4.57 Å². The molecule has 0 radical (unpaired) electrons. The normalized spacial score (nSPS) is 11.6. The molecule has 0 rings (SSSR count). The topological polar surface area (TPSA) is 17.1 Å². The molecular formula is C32H65OP. The maximum absolute atomic E-state index is 10.4. The zero-order valence-electron chi connectivity index (χ0n) is 23.8. The van der Waals surface area contributed by atoms with Crippen molar-refractivity contribution in [2.24, 2.45) is 0 Å². The first kappa shape index (κ1) is 34.1. The monoisotopic (exact) mass is 496 g/mol. The van der Waals surface area contributed by atoms with E-state index in [-0.39, 0.29) is 0 Å². The predicted octanol–water partition coefficient (Wildman–Crippen LogP) is 13.0. The summed E-state index contributed by atoms with van der Waals surface area (Å²) in [5.74, 6) is 0. The molecule has 0 aliphatic rings. The molecule has 0 heterocycles. The number of hydrogen-bond donors (Lipinski definition) is 0. The fraction of sp³-hybridized carbons (Fsp3) is 1.00. The third kappa shape index (κ3) is 32.1. The molecule has 0 saturated carbocycles. The highest BCUT2D eigenvalue weighted by atomic mass is 31.1. The minimum absolute atomic E-state index is 0.332. The van der Waals surface area contributed by atoms with Crippen LogP contribution in [0.1, 0.15) is 200 Å². The summed E-state index contributed by atoms with van der Waals surface area (Å²) in [5.41, 5.74) is 0. The van der Waals surface area contributed by atoms with Gasteiger partial charge < -0.3 is 0 Å². The van der Waals surface area contributed by atoms with Gasteiger partial charge in [-0.2, -0.15) is 0 Å². The fourth-order valence-electron chi connectivity index (χ4n) is 5.20. The van der Waals surface area contributed by atoms with E-state index in [1.807, 2.05) is 0 Å². The standard InChI is InChI=1S/C32H65OP/c1-2-3-4-5-6-7-8-9-10-11-12-13-14-15-16-17-18-19-20-21-22-23-24-25-26-27-28-29-30-31-32-34-33/h2-32H2,1H3. The highest BCUT2D eigenvalue weighted by Gasteiger charge is 1.97. The molecule has 0 spiro atoms. The van der Waals surface area contributed by atoms with Crippen LogP contribution in [-0.2, 0) is 4.57 Å². The van der Waals surface area contributed by atoms with Gasteiger partial charge in [0.05, 0.1) is 0 Å². The molecule has 0 unspecified atom stereocenters. The molecule has 0 saturated heterocycles. The maximum atomic E-state index is 10.4. The van der Waals surface area contributed by atoms with Crippen molar-refractivity contribution < 1.29 is 4.57 Å². The molecule has 0 atom stereocenters. The van der Waals surface area contributed by atoms with Crippen molar-refractivity contribution in [1.29, 1.82) is 0 Å². The van der Waals surface area contributed by atoms with Gasteiger partial charge >= 0.3 is 0 Å². The van der Waals surface area contributed by atoms with Gasteiger partial charge in [0, 0.05) is 6.16 Å². The van der Waals surface area contributed by atoms with Crippen LogP contribution in [0.2, 0.25) is 0 Å². The van der Waals surface area contributed by atoms with E-state index < -0.39 is 0 Å². The van der Waals surface area contributed by atoms with E-state index in [1.54, 1.807) is 0 Å². The largest absolute Gasteiger partial charge is 0.275 e. The molecule has 0 N–H and O–H groups in total. The third-order valence-corrected chi connectivity index (χ3v) is 8.10. The van der Waals surface area contributed by atoms with Gasteiger partial charge in [0.2, 0.25) is 0 Å². The molecule has 0 aromatic heterocycles. The Labute approximate surface area is 218 Å². The second kappa shape index (κ2) is 33.1. The molecule has 204 valence electrons. The van der Waals surface area contributed by atoms with Gasteiger partial charge in [-0.05, 0) is 6.42 Å². The Hall–Kier alpha value is 0.100. The van der Waals surface area contributed by atoms with Crippen molar-refractivity contribution in [3.8, 4) is 0 Å². The second-order valence-corrected chi connectivity index (χ2v) is 11.8. The molecule has 0 bridgehead atoms. The Kier molecular flexibility index (Phi) is 33.2. The number of unbranched alkanes of at least 4 members (excludes halogenated alkanes) is 29. The van der Waals surface area contributed by atoms with Crippen LogP contribution in [-0.4, -0.2) is 6.16 Å². The number of rotatable bonds is 31. The molecule has 0 aromatic carbocycles. The lowest BCUT2D eigenvalue weighted by molar-refractivity contribution is 0.513. The van der Waals surface area contributed by atoms with Crippen molar-refractivity contribution in [3.63, 3.8) is 0 Å². The van der Waals surface area contributed by atoms with Crippen LogP contribution in [0.4, 0.5) is 0 Å². The quantitative estimate of drug-likeness (QED) is 0.0688. The lowest BCUT2D eigenvalue weighted by Gasteiger charge is -2.04. The van der Waals surface area contributed by atoms with E-state index in [2.05, 4.69) is 6.92 Å². The Balaban J connectivity index is 3.00. The minimum Gasteiger partial charge on any atom is -0.275 e. The van der Waals surface area contributed by atoms with Gasteiger partial charge in [0.25, 0.3) is 0 Å². The summed E-state index contributed by atoms with van der Waals surface area (Å²) in [6, 6.07) is 0. The van der Waals surface area contributed by atoms with Crippen molar-refractivity contribution in [2.45, 2.75) is 200 Å². The first-order valence-corrected chi connectivity index (χ1v) is 17.2. The van der Waals surface area contributed by atoms with Crippen molar-refractivity contribution in [2.75, 3.05) is 6.16 Å². The van der Waals surface area contributed by atoms with E-state index in [1.165, 1.54) is 186 Å². The fourth-order valence-corrected chi connectivity index (χ4v) is 5.55. The summed E-state index contributed by atoms with van der Waals surface area (Å²) in [4.78, 5) is 0. The average Bonchev–Trinajstić information content (AvgIpc) is 2.85. The molecule has 0 amide bonds. The summed E-state index contributed by atoms with van der Waals surface area (Å²) in [6.45, 7) is 2.30. The van der Waals surface area contributed by atoms with E-state index in [4.69, 9.17) is 0 Å². The maximum Gasteiger partial charge on any atom is 0.155 e. The van der Waals surface area contributed by atoms with Gasteiger partial charge in [0.1, 0.15) is 0 Å². The second-order valence-electron chi connectivity index (χ2n) is 11.1. The molecule has 0 aliphatic heterocycles. The summed E-state index contributed by atoms with van der Waals surface area (Å²) < 4.78 is 10.4. The molecule has 0 fully saturated rings. The highest BCUT2D eigenvalue weighted by molar-refractivity contribution is 7.23. The SMILES string of the molecule is CCCCCCCCCCCCCCCCCCCCCCCCCCCCCCCCP=O. The zero-order chi connectivity index (χ0) is 24.6. The smallest absolute Gasteiger partial charge is 0.155 e. The lowest BCUT2D eigenvalue weighted by atomic mass is 10.0. The van der Waals surface area contributed by atoms with Crippen LogP contribution < -0.4 is 0 Å². The summed E-state index contributed by atoms with van der Waals surface area (Å²) >= 11 is 0. The van der Waals surface area contributed by atoms with Crippen LogP contribution in [0.5, 0.6) is 0 Å². The van der Waals surface area contributed by atoms with E-state index in [0.717, 1.165) is 12.6 Å². The van der Waals surface area contributed by atoms with Crippen molar-refractivity contribution >= 4 is 8.46 Å². The van der Waals surface area contributed by atoms with Gasteiger partial charge in [-0.25, -0.2) is 0 Å².